The van der Waals surface area contributed by atoms with Crippen molar-refractivity contribution >= 4 is 11.9 Å². The number of aryl methyl sites for hydroxylation is 2. The topological polar surface area (TPSA) is 112 Å². The summed E-state index contributed by atoms with van der Waals surface area (Å²) in [7, 11) is 1.53. The van der Waals surface area contributed by atoms with Gasteiger partial charge in [-0.05, 0) is 35.1 Å². The van der Waals surface area contributed by atoms with Crippen molar-refractivity contribution < 1.29 is 24.5 Å². The lowest BCUT2D eigenvalue weighted by atomic mass is 9.94. The van der Waals surface area contributed by atoms with Crippen molar-refractivity contribution in [3.8, 4) is 5.75 Å². The Kier molecular flexibility index (Phi) is 5.78. The number of benzene rings is 2. The number of aromatic carboxylic acids is 1. The summed E-state index contributed by atoms with van der Waals surface area (Å²) in [4.78, 5) is 39.3. The molecular weight excluding hydrogens is 450 g/mol. The van der Waals surface area contributed by atoms with Crippen molar-refractivity contribution in [3.63, 3.8) is 0 Å². The molecule has 0 spiro atoms. The molecule has 1 aromatic heterocycles. The summed E-state index contributed by atoms with van der Waals surface area (Å²) in [6.07, 6.45) is 2.79. The van der Waals surface area contributed by atoms with Crippen LogP contribution in [0.2, 0.25) is 0 Å². The number of hydrogen-bond acceptors (Lipinski definition) is 6. The van der Waals surface area contributed by atoms with Gasteiger partial charge in [-0.25, -0.2) is 4.79 Å². The number of methoxy groups -OCH3 is 1. The number of carbonyl (C=O) groups excluding carboxylic acids is 1. The summed E-state index contributed by atoms with van der Waals surface area (Å²) in [6, 6.07) is 15.7. The largest absolute Gasteiger partial charge is 0.502 e. The van der Waals surface area contributed by atoms with Gasteiger partial charge in [-0.1, -0.05) is 48.5 Å². The summed E-state index contributed by atoms with van der Waals surface area (Å²) < 4.78 is 6.52. The normalized spacial score (nSPS) is 15.3. The highest BCUT2D eigenvalue weighted by atomic mass is 16.5. The van der Waals surface area contributed by atoms with E-state index in [0.717, 1.165) is 41.3 Å². The minimum Gasteiger partial charge on any atom is -0.502 e. The van der Waals surface area contributed by atoms with E-state index in [9.17, 15) is 24.6 Å². The number of aromatic hydroxyl groups is 1. The van der Waals surface area contributed by atoms with Crippen LogP contribution in [0.1, 0.15) is 49.1 Å². The number of fused-ring (bicyclic) bond motifs is 3. The van der Waals surface area contributed by atoms with Crippen LogP contribution in [0.4, 0.5) is 0 Å². The lowest BCUT2D eigenvalue weighted by Gasteiger charge is -2.44. The van der Waals surface area contributed by atoms with Crippen LogP contribution in [0.25, 0.3) is 0 Å². The Bertz CT molecular complexity index is 1330. The van der Waals surface area contributed by atoms with Crippen LogP contribution >= 0.6 is 0 Å². The van der Waals surface area contributed by atoms with Crippen LogP contribution in [-0.4, -0.2) is 58.6 Å². The Balaban J connectivity index is 1.79. The van der Waals surface area contributed by atoms with Crippen molar-refractivity contribution in [2.45, 2.75) is 18.9 Å². The first-order valence-electron chi connectivity index (χ1n) is 11.3. The molecule has 0 atom stereocenters. The lowest BCUT2D eigenvalue weighted by molar-refractivity contribution is 0.0607. The Morgan fingerprint density at radius 1 is 1.03 bits per heavy atom. The molecule has 180 valence electrons. The summed E-state index contributed by atoms with van der Waals surface area (Å²) in [5, 5.41) is 22.2. The van der Waals surface area contributed by atoms with E-state index in [1.165, 1.54) is 16.7 Å². The van der Waals surface area contributed by atoms with Gasteiger partial charge in [0.1, 0.15) is 12.2 Å². The maximum absolute atomic E-state index is 13.3. The van der Waals surface area contributed by atoms with Gasteiger partial charge in [0.15, 0.2) is 11.4 Å². The number of pyridine rings is 1. The molecule has 35 heavy (non-hydrogen) atoms. The number of hydrogen-bond donors (Lipinski definition) is 2. The standard InChI is InChI=1S/C26H25N3O6/c1-35-13-12-27-15-29(28-14-20(26(33)34)23(30)24(31)22(28)25(27)32)21-18-8-4-2-6-16(18)10-11-17-7-3-5-9-19(17)21/h2-9,14,21,31H,10-13,15H2,1H3,(H,33,34). The zero-order valence-corrected chi connectivity index (χ0v) is 19.2. The molecule has 0 radical (unpaired) electrons. The molecule has 9 nitrogen and oxygen atoms in total. The SMILES string of the molecule is COCCN1CN(C2c3ccccc3CCc3ccccc32)n2cc(C(=O)O)c(=O)c(O)c2C1=O. The van der Waals surface area contributed by atoms with E-state index in [1.807, 2.05) is 41.4 Å². The van der Waals surface area contributed by atoms with E-state index in [2.05, 4.69) is 12.1 Å². The van der Waals surface area contributed by atoms with Crippen LogP contribution in [-0.2, 0) is 17.6 Å². The molecule has 0 saturated heterocycles. The van der Waals surface area contributed by atoms with Crippen LogP contribution in [0.3, 0.4) is 0 Å². The summed E-state index contributed by atoms with van der Waals surface area (Å²) in [6.45, 7) is 0.593. The number of rotatable bonds is 5. The minimum atomic E-state index is -1.48. The molecule has 2 N–H and O–H groups in total. The molecule has 1 aliphatic heterocycles. The highest BCUT2D eigenvalue weighted by Crippen LogP contribution is 2.38. The molecule has 0 bridgehead atoms. The number of ether oxygens (including phenoxy) is 1. The van der Waals surface area contributed by atoms with Crippen molar-refractivity contribution in [1.82, 2.24) is 9.58 Å². The first-order chi connectivity index (χ1) is 16.9. The molecule has 0 unspecified atom stereocenters. The molecule has 5 rings (SSSR count). The molecule has 9 heteroatoms. The molecule has 2 heterocycles. The molecule has 0 fully saturated rings. The molecule has 3 aromatic rings. The fourth-order valence-electron chi connectivity index (χ4n) is 5.00. The third-order valence-electron chi connectivity index (χ3n) is 6.70. The van der Waals surface area contributed by atoms with Crippen molar-refractivity contribution in [2.24, 2.45) is 0 Å². The molecule has 1 aliphatic carbocycles. The van der Waals surface area contributed by atoms with E-state index >= 15 is 0 Å². The van der Waals surface area contributed by atoms with Gasteiger partial charge in [0.2, 0.25) is 5.43 Å². The molecule has 2 aliphatic rings. The fraction of sp³-hybridized carbons (Fsp3) is 0.269. The zero-order chi connectivity index (χ0) is 24.7. The van der Waals surface area contributed by atoms with Gasteiger partial charge in [0.05, 0.1) is 12.6 Å². The second-order valence-corrected chi connectivity index (χ2v) is 8.66. The molecular formula is C26H25N3O6. The highest BCUT2D eigenvalue weighted by molar-refractivity contribution is 5.98. The van der Waals surface area contributed by atoms with E-state index in [1.54, 1.807) is 0 Å². The number of carboxylic acids is 1. The third kappa shape index (κ3) is 3.74. The summed E-state index contributed by atoms with van der Waals surface area (Å²) >= 11 is 0. The average molecular weight is 476 g/mol. The van der Waals surface area contributed by atoms with Gasteiger partial charge in [-0.2, -0.15) is 0 Å². The second-order valence-electron chi connectivity index (χ2n) is 8.66. The minimum absolute atomic E-state index is 0.101. The van der Waals surface area contributed by atoms with Gasteiger partial charge in [-0.15, -0.1) is 0 Å². The maximum Gasteiger partial charge on any atom is 0.341 e. The van der Waals surface area contributed by atoms with E-state index in [-0.39, 0.29) is 25.5 Å². The van der Waals surface area contributed by atoms with Crippen molar-refractivity contribution in [3.05, 3.63) is 98.5 Å². The van der Waals surface area contributed by atoms with E-state index < -0.39 is 34.7 Å². The fourth-order valence-corrected chi connectivity index (χ4v) is 5.00. The molecule has 0 saturated carbocycles. The van der Waals surface area contributed by atoms with Gasteiger partial charge in [0, 0.05) is 19.9 Å². The number of aromatic nitrogens is 1. The Morgan fingerprint density at radius 2 is 1.63 bits per heavy atom. The number of amides is 1. The van der Waals surface area contributed by atoms with Crippen molar-refractivity contribution in [2.75, 3.05) is 31.9 Å². The lowest BCUT2D eigenvalue weighted by Crippen LogP contribution is -2.56. The third-order valence-corrected chi connectivity index (χ3v) is 6.70. The van der Waals surface area contributed by atoms with Gasteiger partial charge in [-0.3, -0.25) is 19.3 Å². The highest BCUT2D eigenvalue weighted by Gasteiger charge is 2.39. The molecule has 2 aromatic carbocycles. The monoisotopic (exact) mass is 475 g/mol. The van der Waals surface area contributed by atoms with Gasteiger partial charge in [0.25, 0.3) is 5.91 Å². The zero-order valence-electron chi connectivity index (χ0n) is 19.2. The smallest absolute Gasteiger partial charge is 0.341 e. The first-order valence-corrected chi connectivity index (χ1v) is 11.3. The average Bonchev–Trinajstić information content (AvgIpc) is 3.02. The van der Waals surface area contributed by atoms with Crippen LogP contribution in [0, 0.1) is 0 Å². The van der Waals surface area contributed by atoms with Crippen molar-refractivity contribution in [1.29, 1.82) is 0 Å². The van der Waals surface area contributed by atoms with Crippen LogP contribution in [0.15, 0.2) is 59.5 Å². The van der Waals surface area contributed by atoms with Crippen LogP contribution < -0.4 is 10.4 Å². The van der Waals surface area contributed by atoms with E-state index in [4.69, 9.17) is 4.74 Å². The summed E-state index contributed by atoms with van der Waals surface area (Å²) in [5.74, 6) is -2.92. The van der Waals surface area contributed by atoms with E-state index in [0.29, 0.717) is 0 Å². The number of nitrogens with zero attached hydrogens (tertiary/aromatic N) is 3. The number of carboxylic acid groups (broad SMARTS) is 1. The Labute approximate surface area is 201 Å². The maximum atomic E-state index is 13.3. The quantitative estimate of drug-likeness (QED) is 0.581. The number of carbonyl (C=O) groups is 2. The predicted molar refractivity (Wildman–Crippen MR) is 127 cm³/mol. The summed E-state index contributed by atoms with van der Waals surface area (Å²) in [5.41, 5.74) is 2.34. The second kappa shape index (κ2) is 8.92. The predicted octanol–water partition coefficient (Wildman–Crippen LogP) is 2.14. The first kappa shape index (κ1) is 22.7. The van der Waals surface area contributed by atoms with Gasteiger partial charge < -0.3 is 19.8 Å². The Hall–Kier alpha value is -4.11. The Morgan fingerprint density at radius 3 is 2.20 bits per heavy atom. The van der Waals surface area contributed by atoms with Gasteiger partial charge >= 0.3 is 5.97 Å². The molecule has 1 amide bonds. The van der Waals surface area contributed by atoms with Crippen LogP contribution in [0.5, 0.6) is 5.75 Å².